The van der Waals surface area contributed by atoms with Gasteiger partial charge in [-0.3, -0.25) is 0 Å². The summed E-state index contributed by atoms with van der Waals surface area (Å²) in [5, 5.41) is 3.30. The fraction of sp³-hybridized carbons (Fsp3) is 0.667. The number of hydrogen-bond donors (Lipinski definition) is 2. The zero-order valence-electron chi connectivity index (χ0n) is 10.8. The van der Waals surface area contributed by atoms with Crippen LogP contribution in [0.1, 0.15) is 31.9 Å². The molecule has 1 fully saturated rings. The number of nitrogens with zero attached hydrogens (tertiary/aromatic N) is 3. The van der Waals surface area contributed by atoms with Crippen molar-refractivity contribution in [1.29, 1.82) is 0 Å². The fourth-order valence-corrected chi connectivity index (χ4v) is 2.13. The third kappa shape index (κ3) is 2.66. The largest absolute Gasteiger partial charge is 0.368 e. The molecule has 0 saturated carbocycles. The lowest BCUT2D eigenvalue weighted by molar-refractivity contribution is 0.616. The van der Waals surface area contributed by atoms with E-state index in [2.05, 4.69) is 40.1 Å². The topological polar surface area (TPSA) is 67.1 Å². The molecule has 1 aliphatic rings. The van der Waals surface area contributed by atoms with E-state index in [0.717, 1.165) is 31.0 Å². The lowest BCUT2D eigenvalue weighted by Gasteiger charge is -2.19. The van der Waals surface area contributed by atoms with Gasteiger partial charge in [0.1, 0.15) is 5.82 Å². The Morgan fingerprint density at radius 2 is 2.24 bits per heavy atom. The maximum atomic E-state index is 5.77. The van der Waals surface area contributed by atoms with Crippen LogP contribution in [0.5, 0.6) is 0 Å². The van der Waals surface area contributed by atoms with Crippen LogP contribution < -0.4 is 16.0 Å². The first kappa shape index (κ1) is 12.1. The van der Waals surface area contributed by atoms with Gasteiger partial charge < -0.3 is 16.0 Å². The van der Waals surface area contributed by atoms with Gasteiger partial charge in [0.25, 0.3) is 0 Å². The number of hydrogen-bond acceptors (Lipinski definition) is 5. The number of nitrogens with two attached hydrogens (primary N) is 1. The first-order valence-corrected chi connectivity index (χ1v) is 6.17. The summed E-state index contributed by atoms with van der Waals surface area (Å²) in [6, 6.07) is 2.60. The lowest BCUT2D eigenvalue weighted by Crippen LogP contribution is -2.30. The molecule has 1 aromatic heterocycles. The van der Waals surface area contributed by atoms with Crippen LogP contribution in [0.15, 0.2) is 6.07 Å². The van der Waals surface area contributed by atoms with E-state index >= 15 is 0 Å². The number of nitrogens with one attached hydrogen (secondary N) is 1. The van der Waals surface area contributed by atoms with Gasteiger partial charge in [0.2, 0.25) is 5.95 Å². The summed E-state index contributed by atoms with van der Waals surface area (Å²) < 4.78 is 0. The van der Waals surface area contributed by atoms with Crippen molar-refractivity contribution in [3.63, 3.8) is 0 Å². The van der Waals surface area contributed by atoms with Crippen LogP contribution in [0, 0.1) is 0 Å². The monoisotopic (exact) mass is 235 g/mol. The van der Waals surface area contributed by atoms with Crippen LogP contribution in [-0.2, 0) is 0 Å². The Morgan fingerprint density at radius 3 is 2.82 bits per heavy atom. The molecule has 0 aliphatic carbocycles. The van der Waals surface area contributed by atoms with Crippen LogP contribution in [0.2, 0.25) is 0 Å². The van der Waals surface area contributed by atoms with Gasteiger partial charge in [-0.05, 0) is 19.4 Å². The van der Waals surface area contributed by atoms with Gasteiger partial charge in [-0.2, -0.15) is 4.98 Å². The van der Waals surface area contributed by atoms with E-state index in [1.807, 2.05) is 7.05 Å². The van der Waals surface area contributed by atoms with Crippen LogP contribution in [0.3, 0.4) is 0 Å². The zero-order chi connectivity index (χ0) is 12.4. The highest BCUT2D eigenvalue weighted by Gasteiger charge is 2.22. The average molecular weight is 235 g/mol. The highest BCUT2D eigenvalue weighted by Crippen LogP contribution is 2.22. The van der Waals surface area contributed by atoms with E-state index in [9.17, 15) is 0 Å². The van der Waals surface area contributed by atoms with Crippen molar-refractivity contribution in [1.82, 2.24) is 15.3 Å². The van der Waals surface area contributed by atoms with Gasteiger partial charge in [-0.25, -0.2) is 4.98 Å². The molecule has 17 heavy (non-hydrogen) atoms. The number of aromatic nitrogens is 2. The predicted molar refractivity (Wildman–Crippen MR) is 70.2 cm³/mol. The Kier molecular flexibility index (Phi) is 3.47. The van der Waals surface area contributed by atoms with Gasteiger partial charge >= 0.3 is 0 Å². The Hall–Kier alpha value is -1.36. The Bertz CT molecular complexity index is 390. The Balaban J connectivity index is 2.21. The van der Waals surface area contributed by atoms with Crippen molar-refractivity contribution in [2.45, 2.75) is 32.2 Å². The molecule has 94 valence electrons. The van der Waals surface area contributed by atoms with Gasteiger partial charge in [-0.1, -0.05) is 13.8 Å². The minimum Gasteiger partial charge on any atom is -0.368 e. The minimum atomic E-state index is 0.374. The molecule has 3 N–H and O–H groups in total. The number of anilines is 2. The van der Waals surface area contributed by atoms with Crippen molar-refractivity contribution < 1.29 is 0 Å². The molecule has 1 atom stereocenters. The summed E-state index contributed by atoms with van der Waals surface area (Å²) in [4.78, 5) is 10.9. The first-order chi connectivity index (χ1) is 8.10. The highest BCUT2D eigenvalue weighted by atomic mass is 15.2. The average Bonchev–Trinajstić information content (AvgIpc) is 2.76. The molecule has 0 aromatic carbocycles. The molecule has 0 amide bonds. The van der Waals surface area contributed by atoms with E-state index in [-0.39, 0.29) is 0 Å². The molecule has 1 aliphatic heterocycles. The van der Waals surface area contributed by atoms with Crippen molar-refractivity contribution in [2.24, 2.45) is 0 Å². The zero-order valence-corrected chi connectivity index (χ0v) is 10.8. The molecular weight excluding hydrogens is 214 g/mol. The van der Waals surface area contributed by atoms with Crippen LogP contribution >= 0.6 is 0 Å². The standard InChI is InChI=1S/C12H21N5/c1-8(2)10-6-11(16-12(13)15-10)17-5-4-9(7-17)14-3/h6,8-9,14H,4-5,7H2,1-3H3,(H2,13,15,16). The van der Waals surface area contributed by atoms with Crippen molar-refractivity contribution in [3.8, 4) is 0 Å². The third-order valence-electron chi connectivity index (χ3n) is 3.26. The molecule has 0 spiro atoms. The Morgan fingerprint density at radius 1 is 1.47 bits per heavy atom. The second-order valence-electron chi connectivity index (χ2n) is 4.88. The van der Waals surface area contributed by atoms with Gasteiger partial charge in [0.15, 0.2) is 0 Å². The summed E-state index contributed by atoms with van der Waals surface area (Å²) in [5.74, 6) is 1.71. The quantitative estimate of drug-likeness (QED) is 0.817. The van der Waals surface area contributed by atoms with Gasteiger partial charge in [-0.15, -0.1) is 0 Å². The summed E-state index contributed by atoms with van der Waals surface area (Å²) >= 11 is 0. The molecule has 0 bridgehead atoms. The molecule has 5 nitrogen and oxygen atoms in total. The summed E-state index contributed by atoms with van der Waals surface area (Å²) in [5.41, 5.74) is 6.78. The summed E-state index contributed by atoms with van der Waals surface area (Å²) in [6.45, 7) is 6.25. The normalized spacial score (nSPS) is 20.2. The molecule has 1 aromatic rings. The minimum absolute atomic E-state index is 0.374. The second-order valence-corrected chi connectivity index (χ2v) is 4.88. The molecule has 0 radical (unpaired) electrons. The van der Waals surface area contributed by atoms with Crippen molar-refractivity contribution >= 4 is 11.8 Å². The predicted octanol–water partition coefficient (Wildman–Crippen LogP) is 0.980. The molecule has 1 unspecified atom stereocenters. The van der Waals surface area contributed by atoms with Gasteiger partial charge in [0, 0.05) is 25.2 Å². The van der Waals surface area contributed by atoms with E-state index in [4.69, 9.17) is 5.73 Å². The summed E-state index contributed by atoms with van der Waals surface area (Å²) in [7, 11) is 2.00. The molecule has 2 heterocycles. The molecule has 5 heteroatoms. The highest BCUT2D eigenvalue weighted by molar-refractivity contribution is 5.45. The fourth-order valence-electron chi connectivity index (χ4n) is 2.13. The van der Waals surface area contributed by atoms with Crippen LogP contribution in [0.25, 0.3) is 0 Å². The molecular formula is C12H21N5. The smallest absolute Gasteiger partial charge is 0.222 e. The Labute approximate surface area is 102 Å². The van der Waals surface area contributed by atoms with E-state index in [1.54, 1.807) is 0 Å². The molecule has 2 rings (SSSR count). The maximum absolute atomic E-state index is 5.77. The number of likely N-dealkylation sites (N-methyl/N-ethyl adjacent to an activating group) is 1. The molecule has 1 saturated heterocycles. The van der Waals surface area contributed by atoms with E-state index < -0.39 is 0 Å². The van der Waals surface area contributed by atoms with Crippen LogP contribution in [-0.4, -0.2) is 36.1 Å². The maximum Gasteiger partial charge on any atom is 0.222 e. The SMILES string of the molecule is CNC1CCN(c2cc(C(C)C)nc(N)n2)C1. The van der Waals surface area contributed by atoms with Gasteiger partial charge in [0.05, 0.1) is 5.69 Å². The number of rotatable bonds is 3. The van der Waals surface area contributed by atoms with Crippen molar-refractivity contribution in [3.05, 3.63) is 11.8 Å². The van der Waals surface area contributed by atoms with Crippen molar-refractivity contribution in [2.75, 3.05) is 30.8 Å². The van der Waals surface area contributed by atoms with Crippen LogP contribution in [0.4, 0.5) is 11.8 Å². The third-order valence-corrected chi connectivity index (χ3v) is 3.26. The lowest BCUT2D eigenvalue weighted by atomic mass is 10.1. The van der Waals surface area contributed by atoms with E-state index in [0.29, 0.717) is 17.9 Å². The second kappa shape index (κ2) is 4.87. The van der Waals surface area contributed by atoms with E-state index in [1.165, 1.54) is 0 Å². The summed E-state index contributed by atoms with van der Waals surface area (Å²) in [6.07, 6.45) is 1.15. The number of nitrogen functional groups attached to an aromatic ring is 1. The first-order valence-electron chi connectivity index (χ1n) is 6.17.